The van der Waals surface area contributed by atoms with Crippen LogP contribution in [0.15, 0.2) is 84.1 Å². The largest absolute Gasteiger partial charge is 0.485 e. The first-order chi connectivity index (χ1) is 27.1. The fourth-order valence-corrected chi connectivity index (χ4v) is 8.07. The van der Waals surface area contributed by atoms with Gasteiger partial charge >= 0.3 is 23.9 Å². The van der Waals surface area contributed by atoms with E-state index in [-0.39, 0.29) is 51.1 Å². The number of nitrogens with one attached hydrogen (secondary N) is 2. The highest BCUT2D eigenvalue weighted by molar-refractivity contribution is 8.00. The lowest BCUT2D eigenvalue weighted by molar-refractivity contribution is -0.156. The highest BCUT2D eigenvalue weighted by Gasteiger charge is 2.56. The Kier molecular flexibility index (Phi) is 13.4. The number of carbonyl (C=O) groups is 8. The average molecular weight is 841 g/mol. The van der Waals surface area contributed by atoms with Gasteiger partial charge in [0, 0.05) is 35.1 Å². The monoisotopic (exact) mass is 840 g/mol. The number of ether oxygens (including phenoxy) is 2. The SMILES string of the molecule is CSN(C(=O)CC(=O)O)c1ccc(C(=O)c2cc(Cl)ccc2OCC(=O)[C@@](NN[C@@H]2C(=O)N3C(C(=O)O)=C(COC(C)=O)CS[C@H]23)(C(=O)O)c2ccccc2)cc1. The van der Waals surface area contributed by atoms with E-state index >= 15 is 0 Å². The van der Waals surface area contributed by atoms with Crippen LogP contribution in [0, 0.1) is 0 Å². The molecule has 0 saturated carbocycles. The molecule has 3 aromatic carbocycles. The van der Waals surface area contributed by atoms with Gasteiger partial charge in [0.05, 0.1) is 11.3 Å². The van der Waals surface area contributed by atoms with Crippen LogP contribution >= 0.6 is 35.3 Å². The van der Waals surface area contributed by atoms with E-state index in [1.807, 2.05) is 0 Å². The number of anilines is 1. The Bertz CT molecular complexity index is 2170. The van der Waals surface area contributed by atoms with Crippen LogP contribution < -0.4 is 19.9 Å². The number of thioether (sulfide) groups is 1. The van der Waals surface area contributed by atoms with E-state index in [0.29, 0.717) is 5.69 Å². The molecule has 298 valence electrons. The molecule has 0 aliphatic carbocycles. The number of hydrogen-bond acceptors (Lipinski definition) is 14. The standard InChI is InChI=1S/C37H33ClN4O13S2/c1-19(43)54-16-21-18-57-34-30(33(49)41(34)31(21)35(50)51)39-40-37(36(52)53,22-6-4-3-5-7-22)27(44)17-55-26-13-10-23(38)14-25(26)32(48)20-8-11-24(12-9-20)42(56-2)28(45)15-29(46)47/h3-14,30,34,39-40H,15-18H2,1-2H3,(H,46,47)(H,50,51)(H,52,53)/t30-,34-,37-/m1/s1. The number of hydrogen-bond donors (Lipinski definition) is 5. The van der Waals surface area contributed by atoms with E-state index in [0.717, 1.165) is 39.8 Å². The summed E-state index contributed by atoms with van der Waals surface area (Å²) in [5, 5.41) is 28.9. The molecule has 1 saturated heterocycles. The molecule has 5 rings (SSSR count). The molecule has 20 heteroatoms. The number of β-lactam (4-membered cyclic amide) rings is 1. The number of carboxylic acids is 3. The molecule has 2 heterocycles. The number of halogens is 1. The van der Waals surface area contributed by atoms with E-state index in [1.54, 1.807) is 12.3 Å². The van der Waals surface area contributed by atoms with Gasteiger partial charge in [0.2, 0.25) is 23.1 Å². The van der Waals surface area contributed by atoms with E-state index < -0.39 is 77.2 Å². The second-order valence-electron chi connectivity index (χ2n) is 12.3. The molecule has 1 fully saturated rings. The number of rotatable bonds is 18. The summed E-state index contributed by atoms with van der Waals surface area (Å²) in [5.41, 5.74) is 2.69. The third kappa shape index (κ3) is 8.97. The molecule has 2 aliphatic heterocycles. The topological polar surface area (TPSA) is 246 Å². The summed E-state index contributed by atoms with van der Waals surface area (Å²) < 4.78 is 11.9. The first-order valence-electron chi connectivity index (χ1n) is 16.6. The number of Topliss-reactive ketones (excluding diaryl/α,β-unsaturated/α-hetero) is 1. The third-order valence-electron chi connectivity index (χ3n) is 8.68. The normalized spacial score (nSPS) is 17.0. The molecule has 0 radical (unpaired) electrons. The number of benzene rings is 3. The van der Waals surface area contributed by atoms with Crippen LogP contribution in [0.5, 0.6) is 5.75 Å². The Balaban J connectivity index is 1.37. The van der Waals surface area contributed by atoms with Gasteiger partial charge < -0.3 is 24.8 Å². The second kappa shape index (κ2) is 18.0. The maximum absolute atomic E-state index is 14.1. The van der Waals surface area contributed by atoms with Gasteiger partial charge in [0.25, 0.3) is 0 Å². The number of carbonyl (C=O) groups excluding carboxylic acids is 5. The van der Waals surface area contributed by atoms with Crippen LogP contribution in [-0.2, 0) is 43.8 Å². The zero-order chi connectivity index (χ0) is 41.6. The minimum atomic E-state index is -2.58. The molecule has 3 aromatic rings. The van der Waals surface area contributed by atoms with Crippen molar-refractivity contribution in [2.75, 3.05) is 29.5 Å². The molecule has 17 nitrogen and oxygen atoms in total. The predicted molar refractivity (Wildman–Crippen MR) is 205 cm³/mol. The van der Waals surface area contributed by atoms with Gasteiger partial charge in [-0.15, -0.1) is 11.8 Å². The molecule has 57 heavy (non-hydrogen) atoms. The first kappa shape index (κ1) is 42.4. The fourth-order valence-electron chi connectivity index (χ4n) is 5.97. The second-order valence-corrected chi connectivity index (χ2v) is 14.6. The van der Waals surface area contributed by atoms with Crippen molar-refractivity contribution in [1.82, 2.24) is 15.8 Å². The van der Waals surface area contributed by atoms with Crippen LogP contribution in [0.25, 0.3) is 0 Å². The van der Waals surface area contributed by atoms with Crippen molar-refractivity contribution in [1.29, 1.82) is 0 Å². The summed E-state index contributed by atoms with van der Waals surface area (Å²) in [7, 11) is 0. The number of amides is 2. The van der Waals surface area contributed by atoms with Gasteiger partial charge in [0.1, 0.15) is 42.5 Å². The molecule has 0 bridgehead atoms. The lowest BCUT2D eigenvalue weighted by Crippen LogP contribution is -2.74. The van der Waals surface area contributed by atoms with E-state index in [9.17, 15) is 48.6 Å². The fraction of sp³-hybridized carbons (Fsp3) is 0.243. The zero-order valence-corrected chi connectivity index (χ0v) is 32.3. The van der Waals surface area contributed by atoms with Crippen molar-refractivity contribution in [3.05, 3.63) is 106 Å². The number of fused-ring (bicyclic) bond motifs is 1. The molecule has 2 amide bonds. The number of ketones is 2. The van der Waals surface area contributed by atoms with Crippen LogP contribution in [0.1, 0.15) is 34.8 Å². The summed E-state index contributed by atoms with van der Waals surface area (Å²) in [5.74, 6) is -8.24. The summed E-state index contributed by atoms with van der Waals surface area (Å²) in [4.78, 5) is 102. The van der Waals surface area contributed by atoms with Gasteiger partial charge in [-0.05, 0) is 60.0 Å². The van der Waals surface area contributed by atoms with Gasteiger partial charge in [-0.3, -0.25) is 38.0 Å². The maximum atomic E-state index is 14.1. The molecular formula is C37H33ClN4O13S2. The van der Waals surface area contributed by atoms with Crippen molar-refractivity contribution >= 4 is 88.3 Å². The van der Waals surface area contributed by atoms with Gasteiger partial charge in [-0.2, -0.15) is 0 Å². The van der Waals surface area contributed by atoms with Gasteiger partial charge in [-0.1, -0.05) is 41.9 Å². The summed E-state index contributed by atoms with van der Waals surface area (Å²) in [6.45, 7) is -0.105. The smallest absolute Gasteiger partial charge is 0.352 e. The lowest BCUT2D eigenvalue weighted by Gasteiger charge is -2.50. The molecular weight excluding hydrogens is 808 g/mol. The average Bonchev–Trinajstić information content (AvgIpc) is 3.17. The van der Waals surface area contributed by atoms with Crippen molar-refractivity contribution < 1.29 is 63.1 Å². The Morgan fingerprint density at radius 3 is 2.28 bits per heavy atom. The molecule has 3 atom stereocenters. The number of aliphatic carboxylic acids is 3. The number of hydrazine groups is 1. The van der Waals surface area contributed by atoms with Gasteiger partial charge in [0.15, 0.2) is 5.78 Å². The van der Waals surface area contributed by atoms with Crippen molar-refractivity contribution in [3.63, 3.8) is 0 Å². The molecule has 0 aromatic heterocycles. The van der Waals surface area contributed by atoms with Crippen molar-refractivity contribution in [2.45, 2.75) is 30.3 Å². The molecule has 0 unspecified atom stereocenters. The van der Waals surface area contributed by atoms with Crippen LogP contribution in [-0.4, -0.2) is 104 Å². The van der Waals surface area contributed by atoms with Crippen LogP contribution in [0.3, 0.4) is 0 Å². The predicted octanol–water partition coefficient (Wildman–Crippen LogP) is 2.86. The number of esters is 1. The van der Waals surface area contributed by atoms with Crippen molar-refractivity contribution in [3.8, 4) is 5.75 Å². The zero-order valence-electron chi connectivity index (χ0n) is 29.9. The Labute approximate surface area is 337 Å². The third-order valence-corrected chi connectivity index (χ3v) is 11.0. The Morgan fingerprint density at radius 1 is 1.00 bits per heavy atom. The lowest BCUT2D eigenvalue weighted by atomic mass is 9.86. The molecule has 0 spiro atoms. The van der Waals surface area contributed by atoms with Crippen LogP contribution in [0.2, 0.25) is 5.02 Å². The Hall–Kier alpha value is -5.73. The minimum absolute atomic E-state index is 0.0538. The Morgan fingerprint density at radius 2 is 1.68 bits per heavy atom. The summed E-state index contributed by atoms with van der Waals surface area (Å²) >= 11 is 8.34. The highest BCUT2D eigenvalue weighted by Crippen LogP contribution is 2.40. The van der Waals surface area contributed by atoms with Crippen LogP contribution in [0.4, 0.5) is 5.69 Å². The summed E-state index contributed by atoms with van der Waals surface area (Å²) in [6, 6.07) is 15.8. The maximum Gasteiger partial charge on any atom is 0.352 e. The van der Waals surface area contributed by atoms with E-state index in [1.165, 1.54) is 66.7 Å². The summed E-state index contributed by atoms with van der Waals surface area (Å²) in [6.07, 6.45) is 0.833. The molecule has 2 aliphatic rings. The van der Waals surface area contributed by atoms with Gasteiger partial charge in [-0.25, -0.2) is 20.4 Å². The van der Waals surface area contributed by atoms with E-state index in [4.69, 9.17) is 26.2 Å². The first-order valence-corrected chi connectivity index (χ1v) is 19.3. The minimum Gasteiger partial charge on any atom is -0.485 e. The highest BCUT2D eigenvalue weighted by atomic mass is 35.5. The molecule has 5 N–H and O–H groups in total. The number of carboxylic acid groups (broad SMARTS) is 3. The van der Waals surface area contributed by atoms with E-state index in [2.05, 4.69) is 10.9 Å². The van der Waals surface area contributed by atoms with Crippen molar-refractivity contribution in [2.24, 2.45) is 0 Å². The quantitative estimate of drug-likeness (QED) is 0.0309. The number of nitrogens with zero attached hydrogens (tertiary/aromatic N) is 2.